The van der Waals surface area contributed by atoms with Crippen molar-refractivity contribution in [2.45, 2.75) is 50.6 Å². The highest BCUT2D eigenvalue weighted by atomic mass is 16.5. The molecule has 2 N–H and O–H groups in total. The van der Waals surface area contributed by atoms with E-state index in [1.807, 2.05) is 0 Å². The van der Waals surface area contributed by atoms with Crippen LogP contribution in [0.4, 0.5) is 0 Å². The zero-order valence-corrected chi connectivity index (χ0v) is 9.87. The summed E-state index contributed by atoms with van der Waals surface area (Å²) in [6.45, 7) is 5.91. The van der Waals surface area contributed by atoms with Gasteiger partial charge in [-0.05, 0) is 19.8 Å². The second kappa shape index (κ2) is 4.81. The van der Waals surface area contributed by atoms with Crippen molar-refractivity contribution in [3.05, 3.63) is 0 Å². The Labute approximate surface area is 93.0 Å². The Bertz CT molecular complexity index is 202. The zero-order valence-electron chi connectivity index (χ0n) is 9.87. The Balaban J connectivity index is 2.08. The van der Waals surface area contributed by atoms with Gasteiger partial charge in [0.2, 0.25) is 0 Å². The third kappa shape index (κ3) is 2.19. The average molecular weight is 212 g/mol. The topological polar surface area (TPSA) is 38.5 Å². The molecule has 3 nitrogen and oxygen atoms in total. The van der Waals surface area contributed by atoms with Crippen LogP contribution in [0, 0.1) is 0 Å². The second-order valence-electron chi connectivity index (χ2n) is 5.11. The van der Waals surface area contributed by atoms with Crippen molar-refractivity contribution in [3.8, 4) is 0 Å². The molecule has 15 heavy (non-hydrogen) atoms. The van der Waals surface area contributed by atoms with Crippen molar-refractivity contribution >= 4 is 0 Å². The van der Waals surface area contributed by atoms with Crippen LogP contribution in [0.5, 0.6) is 0 Å². The molecule has 2 fully saturated rings. The Kier molecular flexibility index (Phi) is 3.65. The lowest BCUT2D eigenvalue weighted by Crippen LogP contribution is -2.61. The van der Waals surface area contributed by atoms with E-state index in [2.05, 4.69) is 11.8 Å². The number of hydrogen-bond donors (Lipinski definition) is 1. The molecule has 1 saturated carbocycles. The first-order valence-corrected chi connectivity index (χ1v) is 6.33. The van der Waals surface area contributed by atoms with E-state index in [4.69, 9.17) is 10.5 Å². The van der Waals surface area contributed by atoms with E-state index in [0.717, 1.165) is 26.3 Å². The quantitative estimate of drug-likeness (QED) is 0.751. The summed E-state index contributed by atoms with van der Waals surface area (Å²) >= 11 is 0. The minimum atomic E-state index is 0.293. The summed E-state index contributed by atoms with van der Waals surface area (Å²) < 4.78 is 5.51. The van der Waals surface area contributed by atoms with Crippen LogP contribution in [-0.4, -0.2) is 42.8 Å². The first-order chi connectivity index (χ1) is 7.28. The fourth-order valence-electron chi connectivity index (χ4n) is 3.25. The number of ether oxygens (including phenoxy) is 1. The highest BCUT2D eigenvalue weighted by Gasteiger charge is 2.39. The minimum Gasteiger partial charge on any atom is -0.379 e. The highest BCUT2D eigenvalue weighted by molar-refractivity contribution is 4.96. The van der Waals surface area contributed by atoms with Gasteiger partial charge < -0.3 is 10.5 Å². The first kappa shape index (κ1) is 11.4. The molecule has 1 heterocycles. The summed E-state index contributed by atoms with van der Waals surface area (Å²) in [5.41, 5.74) is 6.34. The Hall–Kier alpha value is -0.120. The molecule has 1 saturated heterocycles. The normalized spacial score (nSPS) is 32.8. The van der Waals surface area contributed by atoms with Crippen LogP contribution >= 0.6 is 0 Å². The summed E-state index contributed by atoms with van der Waals surface area (Å²) in [5, 5.41) is 0. The number of nitrogens with zero attached hydrogens (tertiary/aromatic N) is 1. The molecule has 0 aromatic rings. The molecule has 0 radical (unpaired) electrons. The summed E-state index contributed by atoms with van der Waals surface area (Å²) in [6, 6.07) is 0.542. The van der Waals surface area contributed by atoms with Gasteiger partial charge in [-0.15, -0.1) is 0 Å². The minimum absolute atomic E-state index is 0.293. The van der Waals surface area contributed by atoms with Gasteiger partial charge in [0, 0.05) is 24.7 Å². The molecule has 3 heteroatoms. The second-order valence-corrected chi connectivity index (χ2v) is 5.11. The maximum absolute atomic E-state index is 6.05. The molecular weight excluding hydrogens is 188 g/mol. The molecule has 2 rings (SSSR count). The molecule has 0 aromatic heterocycles. The van der Waals surface area contributed by atoms with Gasteiger partial charge in [0.1, 0.15) is 0 Å². The van der Waals surface area contributed by atoms with Crippen LogP contribution < -0.4 is 5.73 Å². The van der Waals surface area contributed by atoms with Crippen LogP contribution in [0.1, 0.15) is 39.0 Å². The van der Waals surface area contributed by atoms with Gasteiger partial charge in [-0.25, -0.2) is 0 Å². The lowest BCUT2D eigenvalue weighted by Gasteiger charge is -2.50. The summed E-state index contributed by atoms with van der Waals surface area (Å²) in [4.78, 5) is 2.62. The Morgan fingerprint density at radius 2 is 2.07 bits per heavy atom. The zero-order chi connectivity index (χ0) is 10.7. The maximum Gasteiger partial charge on any atom is 0.0620 e. The SMILES string of the molecule is CC1COCCN1C1(CN)CCCCC1. The predicted octanol–water partition coefficient (Wildman–Crippen LogP) is 1.37. The monoisotopic (exact) mass is 212 g/mol. The van der Waals surface area contributed by atoms with E-state index < -0.39 is 0 Å². The van der Waals surface area contributed by atoms with Crippen LogP contribution in [0.2, 0.25) is 0 Å². The number of hydrogen-bond acceptors (Lipinski definition) is 3. The van der Waals surface area contributed by atoms with E-state index >= 15 is 0 Å². The standard InChI is InChI=1S/C12H24N2O/c1-11-9-15-8-7-14(11)12(10-13)5-3-2-4-6-12/h11H,2-10,13H2,1H3. The fourth-order valence-corrected chi connectivity index (χ4v) is 3.25. The molecule has 0 bridgehead atoms. The van der Waals surface area contributed by atoms with E-state index in [1.165, 1.54) is 32.1 Å². The molecule has 0 amide bonds. The van der Waals surface area contributed by atoms with Crippen molar-refractivity contribution in [2.75, 3.05) is 26.3 Å². The average Bonchev–Trinajstić information content (AvgIpc) is 2.30. The van der Waals surface area contributed by atoms with Gasteiger partial charge in [0.25, 0.3) is 0 Å². The number of nitrogens with two attached hydrogens (primary N) is 1. The third-order valence-corrected chi connectivity index (χ3v) is 4.14. The molecule has 1 atom stereocenters. The first-order valence-electron chi connectivity index (χ1n) is 6.33. The van der Waals surface area contributed by atoms with E-state index in [-0.39, 0.29) is 0 Å². The van der Waals surface area contributed by atoms with E-state index in [0.29, 0.717) is 11.6 Å². The van der Waals surface area contributed by atoms with Gasteiger partial charge in [-0.1, -0.05) is 19.3 Å². The van der Waals surface area contributed by atoms with Crippen molar-refractivity contribution < 1.29 is 4.74 Å². The van der Waals surface area contributed by atoms with Crippen LogP contribution in [-0.2, 0) is 4.74 Å². The molecule has 88 valence electrons. The Morgan fingerprint density at radius 1 is 1.33 bits per heavy atom. The van der Waals surface area contributed by atoms with Crippen molar-refractivity contribution in [2.24, 2.45) is 5.73 Å². The molecule has 1 aliphatic carbocycles. The number of rotatable bonds is 2. The fraction of sp³-hybridized carbons (Fsp3) is 1.00. The van der Waals surface area contributed by atoms with Crippen molar-refractivity contribution in [1.82, 2.24) is 4.90 Å². The highest BCUT2D eigenvalue weighted by Crippen LogP contribution is 2.34. The number of morpholine rings is 1. The summed E-state index contributed by atoms with van der Waals surface area (Å²) in [6.07, 6.45) is 6.66. The molecule has 2 aliphatic rings. The summed E-state index contributed by atoms with van der Waals surface area (Å²) in [7, 11) is 0. The molecule has 1 unspecified atom stereocenters. The lowest BCUT2D eigenvalue weighted by atomic mass is 9.79. The smallest absolute Gasteiger partial charge is 0.0620 e. The van der Waals surface area contributed by atoms with Gasteiger partial charge >= 0.3 is 0 Å². The van der Waals surface area contributed by atoms with Gasteiger partial charge in [-0.2, -0.15) is 0 Å². The molecular formula is C12H24N2O. The van der Waals surface area contributed by atoms with Crippen molar-refractivity contribution in [1.29, 1.82) is 0 Å². The largest absolute Gasteiger partial charge is 0.379 e. The van der Waals surface area contributed by atoms with Gasteiger partial charge in [0.15, 0.2) is 0 Å². The molecule has 0 spiro atoms. The third-order valence-electron chi connectivity index (χ3n) is 4.14. The van der Waals surface area contributed by atoms with Crippen LogP contribution in [0.25, 0.3) is 0 Å². The van der Waals surface area contributed by atoms with Crippen LogP contribution in [0.3, 0.4) is 0 Å². The lowest BCUT2D eigenvalue weighted by molar-refractivity contribution is -0.0684. The van der Waals surface area contributed by atoms with Gasteiger partial charge in [0.05, 0.1) is 13.2 Å². The Morgan fingerprint density at radius 3 is 2.67 bits per heavy atom. The maximum atomic E-state index is 6.05. The van der Waals surface area contributed by atoms with Crippen LogP contribution in [0.15, 0.2) is 0 Å². The predicted molar refractivity (Wildman–Crippen MR) is 61.9 cm³/mol. The molecule has 0 aromatic carbocycles. The van der Waals surface area contributed by atoms with E-state index in [9.17, 15) is 0 Å². The van der Waals surface area contributed by atoms with Crippen molar-refractivity contribution in [3.63, 3.8) is 0 Å². The van der Waals surface area contributed by atoms with E-state index in [1.54, 1.807) is 0 Å². The van der Waals surface area contributed by atoms with Gasteiger partial charge in [-0.3, -0.25) is 4.90 Å². The molecule has 1 aliphatic heterocycles. The summed E-state index contributed by atoms with van der Waals surface area (Å²) in [5.74, 6) is 0.